The van der Waals surface area contributed by atoms with E-state index in [0.717, 1.165) is 73.8 Å². The van der Waals surface area contributed by atoms with Crippen LogP contribution >= 0.6 is 0 Å². The number of aromatic nitrogens is 1. The molecule has 0 spiro atoms. The fourth-order valence-electron chi connectivity index (χ4n) is 7.10. The predicted octanol–water partition coefficient (Wildman–Crippen LogP) is 11.9. The molecule has 0 atom stereocenters. The Bertz CT molecular complexity index is 2260. The fraction of sp³-hybridized carbons (Fsp3) is 0. The van der Waals surface area contributed by atoms with Crippen LogP contribution < -0.4 is 19.3 Å². The molecular formula is C42H27N3O2. The minimum Gasteiger partial charge on any atom is -0.453 e. The number of anilines is 6. The van der Waals surface area contributed by atoms with E-state index in [1.54, 1.807) is 0 Å². The maximum atomic E-state index is 6.33. The average Bonchev–Trinajstić information content (AvgIpc) is 3.46. The number of rotatable bonds is 3. The molecule has 0 fully saturated rings. The molecule has 8 aromatic rings. The van der Waals surface area contributed by atoms with Crippen LogP contribution in [-0.2, 0) is 0 Å². The van der Waals surface area contributed by atoms with Gasteiger partial charge in [-0.2, -0.15) is 0 Å². The Morgan fingerprint density at radius 3 is 1.09 bits per heavy atom. The number of para-hydroxylation sites is 9. The topological polar surface area (TPSA) is 29.9 Å². The van der Waals surface area contributed by atoms with Gasteiger partial charge in [0.15, 0.2) is 23.0 Å². The SMILES string of the molecule is c1ccc(-n2c3ccc(N4c5ccccc5Oc5ccccc54)cc3c3cc(N4c5ccccc5Oc5ccccc54)ccc32)cc1. The highest BCUT2D eigenvalue weighted by atomic mass is 16.5. The molecule has 3 heterocycles. The summed E-state index contributed by atoms with van der Waals surface area (Å²) in [4.78, 5) is 4.61. The molecule has 0 amide bonds. The Balaban J connectivity index is 1.24. The first-order valence-corrected chi connectivity index (χ1v) is 15.8. The molecule has 0 unspecified atom stereocenters. The van der Waals surface area contributed by atoms with E-state index in [-0.39, 0.29) is 0 Å². The Hall–Kier alpha value is -6.46. The lowest BCUT2D eigenvalue weighted by Gasteiger charge is -2.33. The zero-order valence-electron chi connectivity index (χ0n) is 25.2. The van der Waals surface area contributed by atoms with Crippen molar-refractivity contribution in [1.82, 2.24) is 4.57 Å². The van der Waals surface area contributed by atoms with Crippen LogP contribution in [0.25, 0.3) is 27.5 Å². The summed E-state index contributed by atoms with van der Waals surface area (Å²) in [6.45, 7) is 0. The van der Waals surface area contributed by atoms with Gasteiger partial charge in [-0.15, -0.1) is 0 Å². The second kappa shape index (κ2) is 10.0. The zero-order valence-corrected chi connectivity index (χ0v) is 25.2. The van der Waals surface area contributed by atoms with Gasteiger partial charge in [0.1, 0.15) is 0 Å². The molecule has 5 heteroatoms. The maximum absolute atomic E-state index is 6.33. The molecule has 0 aliphatic carbocycles. The second-order valence-corrected chi connectivity index (χ2v) is 11.8. The van der Waals surface area contributed by atoms with Gasteiger partial charge in [0.05, 0.1) is 33.8 Å². The van der Waals surface area contributed by atoms with Crippen molar-refractivity contribution in [3.05, 3.63) is 164 Å². The van der Waals surface area contributed by atoms with Crippen molar-refractivity contribution in [3.63, 3.8) is 0 Å². The van der Waals surface area contributed by atoms with Gasteiger partial charge in [-0.05, 0) is 97.1 Å². The minimum atomic E-state index is 0.838. The minimum absolute atomic E-state index is 0.838. The van der Waals surface area contributed by atoms with Crippen molar-refractivity contribution in [2.75, 3.05) is 9.80 Å². The molecule has 47 heavy (non-hydrogen) atoms. The van der Waals surface area contributed by atoms with Gasteiger partial charge in [0, 0.05) is 27.8 Å². The van der Waals surface area contributed by atoms with E-state index in [1.165, 1.54) is 10.8 Å². The lowest BCUT2D eigenvalue weighted by atomic mass is 10.1. The number of benzene rings is 7. The normalized spacial score (nSPS) is 12.9. The van der Waals surface area contributed by atoms with Crippen molar-refractivity contribution in [2.45, 2.75) is 0 Å². The maximum Gasteiger partial charge on any atom is 0.151 e. The van der Waals surface area contributed by atoms with Gasteiger partial charge in [-0.3, -0.25) is 0 Å². The Labute approximate surface area is 271 Å². The number of hydrogen-bond acceptors (Lipinski definition) is 4. The number of ether oxygens (including phenoxy) is 2. The first kappa shape index (κ1) is 25.8. The van der Waals surface area contributed by atoms with Gasteiger partial charge in [0.2, 0.25) is 0 Å². The van der Waals surface area contributed by atoms with Crippen LogP contribution in [0.15, 0.2) is 164 Å². The molecule has 0 saturated carbocycles. The van der Waals surface area contributed by atoms with Crippen LogP contribution in [0.4, 0.5) is 34.1 Å². The molecule has 222 valence electrons. The van der Waals surface area contributed by atoms with E-state index in [1.807, 2.05) is 48.5 Å². The molecule has 5 nitrogen and oxygen atoms in total. The van der Waals surface area contributed by atoms with Gasteiger partial charge in [0.25, 0.3) is 0 Å². The molecule has 0 N–H and O–H groups in total. The van der Waals surface area contributed by atoms with Crippen LogP contribution in [0.2, 0.25) is 0 Å². The van der Waals surface area contributed by atoms with Crippen molar-refractivity contribution in [1.29, 1.82) is 0 Å². The van der Waals surface area contributed by atoms with Crippen LogP contribution in [-0.4, -0.2) is 4.57 Å². The highest BCUT2D eigenvalue weighted by Gasteiger charge is 2.28. The van der Waals surface area contributed by atoms with E-state index in [2.05, 4.69) is 130 Å². The van der Waals surface area contributed by atoms with E-state index >= 15 is 0 Å². The summed E-state index contributed by atoms with van der Waals surface area (Å²) >= 11 is 0. The first-order valence-electron chi connectivity index (χ1n) is 15.8. The van der Waals surface area contributed by atoms with E-state index in [4.69, 9.17) is 9.47 Å². The largest absolute Gasteiger partial charge is 0.453 e. The summed E-state index contributed by atoms with van der Waals surface area (Å²) in [6, 6.07) is 57.1. The third kappa shape index (κ3) is 3.90. The molecule has 7 aromatic carbocycles. The van der Waals surface area contributed by atoms with Gasteiger partial charge < -0.3 is 23.8 Å². The second-order valence-electron chi connectivity index (χ2n) is 11.8. The van der Waals surface area contributed by atoms with E-state index in [0.29, 0.717) is 0 Å². The van der Waals surface area contributed by atoms with Gasteiger partial charge in [-0.25, -0.2) is 0 Å². The monoisotopic (exact) mass is 605 g/mol. The fourth-order valence-corrected chi connectivity index (χ4v) is 7.10. The van der Waals surface area contributed by atoms with E-state index < -0.39 is 0 Å². The van der Waals surface area contributed by atoms with Crippen molar-refractivity contribution < 1.29 is 9.47 Å². The van der Waals surface area contributed by atoms with Crippen molar-refractivity contribution >= 4 is 55.9 Å². The van der Waals surface area contributed by atoms with Crippen LogP contribution in [0.5, 0.6) is 23.0 Å². The standard InChI is InChI=1S/C42H27N3O2/c1-2-12-28(13-3-1)43-33-24-22-29(44-35-14-4-8-18-39(35)46-40-19-9-5-15-36(40)44)26-31(33)32-27-30(23-25-34(32)43)45-37-16-6-10-20-41(37)47-42-21-11-7-17-38(42)45/h1-27H. The predicted molar refractivity (Wildman–Crippen MR) is 190 cm³/mol. The van der Waals surface area contributed by atoms with E-state index in [9.17, 15) is 0 Å². The summed E-state index contributed by atoms with van der Waals surface area (Å²) in [5.41, 5.74) is 9.60. The molecule has 2 aliphatic rings. The lowest BCUT2D eigenvalue weighted by molar-refractivity contribution is 0.477. The molecule has 1 aromatic heterocycles. The number of fused-ring (bicyclic) bond motifs is 7. The summed E-state index contributed by atoms with van der Waals surface area (Å²) < 4.78 is 15.0. The van der Waals surface area contributed by atoms with Crippen molar-refractivity contribution in [2.24, 2.45) is 0 Å². The summed E-state index contributed by atoms with van der Waals surface area (Å²) in [5.74, 6) is 3.35. The molecule has 0 radical (unpaired) electrons. The van der Waals surface area contributed by atoms with Gasteiger partial charge >= 0.3 is 0 Å². The first-order chi connectivity index (χ1) is 23.3. The molecular weight excluding hydrogens is 578 g/mol. The summed E-state index contributed by atoms with van der Waals surface area (Å²) in [5, 5.41) is 2.33. The molecule has 0 bridgehead atoms. The number of nitrogens with zero attached hydrogens (tertiary/aromatic N) is 3. The van der Waals surface area contributed by atoms with Crippen molar-refractivity contribution in [3.8, 4) is 28.7 Å². The quantitative estimate of drug-likeness (QED) is 0.200. The summed E-state index contributed by atoms with van der Waals surface area (Å²) in [6.07, 6.45) is 0. The molecule has 0 saturated heterocycles. The highest BCUT2D eigenvalue weighted by Crippen LogP contribution is 2.53. The third-order valence-electron chi connectivity index (χ3n) is 9.13. The highest BCUT2D eigenvalue weighted by molar-refractivity contribution is 6.12. The third-order valence-corrected chi connectivity index (χ3v) is 9.13. The average molecular weight is 606 g/mol. The Morgan fingerprint density at radius 2 is 0.681 bits per heavy atom. The summed E-state index contributed by atoms with van der Waals surface area (Å²) in [7, 11) is 0. The Morgan fingerprint density at radius 1 is 0.319 bits per heavy atom. The smallest absolute Gasteiger partial charge is 0.151 e. The van der Waals surface area contributed by atoms with Crippen LogP contribution in [0, 0.1) is 0 Å². The zero-order chi connectivity index (χ0) is 30.9. The number of hydrogen-bond donors (Lipinski definition) is 0. The molecule has 10 rings (SSSR count). The lowest BCUT2D eigenvalue weighted by Crippen LogP contribution is -2.15. The Kier molecular flexibility index (Phi) is 5.51. The van der Waals surface area contributed by atoms with Crippen LogP contribution in [0.1, 0.15) is 0 Å². The van der Waals surface area contributed by atoms with Crippen LogP contribution in [0.3, 0.4) is 0 Å². The molecule has 2 aliphatic heterocycles. The van der Waals surface area contributed by atoms with Gasteiger partial charge in [-0.1, -0.05) is 66.7 Å².